The molecular weight excluding hydrogens is 316 g/mol. The third kappa shape index (κ3) is 3.39. The van der Waals surface area contributed by atoms with Crippen molar-refractivity contribution in [3.63, 3.8) is 0 Å². The fourth-order valence-corrected chi connectivity index (χ4v) is 3.19. The molecule has 0 saturated carbocycles. The molecular formula is C17H22N8. The summed E-state index contributed by atoms with van der Waals surface area (Å²) in [7, 11) is 0. The average molecular weight is 338 g/mol. The Morgan fingerprint density at radius 1 is 1.20 bits per heavy atom. The van der Waals surface area contributed by atoms with E-state index in [2.05, 4.69) is 60.1 Å². The van der Waals surface area contributed by atoms with Crippen molar-refractivity contribution in [1.29, 1.82) is 0 Å². The Balaban J connectivity index is 1.41. The molecule has 0 unspecified atom stereocenters. The van der Waals surface area contributed by atoms with E-state index in [0.717, 1.165) is 43.3 Å². The molecule has 0 amide bonds. The zero-order valence-corrected chi connectivity index (χ0v) is 14.5. The molecule has 130 valence electrons. The maximum absolute atomic E-state index is 4.69. The van der Waals surface area contributed by atoms with Crippen LogP contribution in [0.3, 0.4) is 0 Å². The molecule has 0 atom stereocenters. The lowest BCUT2D eigenvalue weighted by Gasteiger charge is -2.27. The van der Waals surface area contributed by atoms with Crippen LogP contribution in [0, 0.1) is 13.8 Å². The minimum atomic E-state index is 0.626. The molecule has 0 saturated heterocycles. The van der Waals surface area contributed by atoms with Crippen LogP contribution in [0.4, 0.5) is 5.95 Å². The summed E-state index contributed by atoms with van der Waals surface area (Å²) in [5, 5.41) is 15.3. The van der Waals surface area contributed by atoms with Crippen LogP contribution in [0.5, 0.6) is 0 Å². The maximum atomic E-state index is 4.69. The van der Waals surface area contributed by atoms with Crippen LogP contribution in [0.15, 0.2) is 24.5 Å². The Bertz CT molecular complexity index is 831. The van der Waals surface area contributed by atoms with Crippen LogP contribution in [-0.2, 0) is 26.2 Å². The molecule has 3 aromatic rings. The third-order valence-electron chi connectivity index (χ3n) is 4.58. The van der Waals surface area contributed by atoms with Crippen molar-refractivity contribution in [3.8, 4) is 0 Å². The van der Waals surface area contributed by atoms with Crippen molar-refractivity contribution in [3.05, 3.63) is 52.9 Å². The topological polar surface area (TPSA) is 87.5 Å². The van der Waals surface area contributed by atoms with Crippen LogP contribution in [-0.4, -0.2) is 41.4 Å². The van der Waals surface area contributed by atoms with Crippen molar-refractivity contribution < 1.29 is 0 Å². The lowest BCUT2D eigenvalue weighted by atomic mass is 10.1. The number of aryl methyl sites for hydroxylation is 2. The number of aromatic nitrogens is 6. The summed E-state index contributed by atoms with van der Waals surface area (Å²) in [4.78, 5) is 10.8. The van der Waals surface area contributed by atoms with Gasteiger partial charge in [-0.25, -0.2) is 9.97 Å². The number of rotatable bonds is 5. The van der Waals surface area contributed by atoms with Gasteiger partial charge < -0.3 is 5.32 Å². The summed E-state index contributed by atoms with van der Waals surface area (Å²) in [6, 6.07) is 3.97. The van der Waals surface area contributed by atoms with Crippen molar-refractivity contribution in [1.82, 2.24) is 34.8 Å². The lowest BCUT2D eigenvalue weighted by Crippen LogP contribution is -2.33. The Morgan fingerprint density at radius 3 is 2.80 bits per heavy atom. The van der Waals surface area contributed by atoms with Crippen molar-refractivity contribution in [2.45, 2.75) is 40.0 Å². The second-order valence-corrected chi connectivity index (χ2v) is 6.40. The van der Waals surface area contributed by atoms with E-state index in [1.54, 1.807) is 18.5 Å². The number of aromatic amines is 1. The minimum absolute atomic E-state index is 0.626. The highest BCUT2D eigenvalue weighted by molar-refractivity contribution is 5.25. The van der Waals surface area contributed by atoms with Crippen molar-refractivity contribution in [2.75, 3.05) is 11.9 Å². The first kappa shape index (κ1) is 15.8. The summed E-state index contributed by atoms with van der Waals surface area (Å²) in [6.45, 7) is 8.50. The highest BCUT2D eigenvalue weighted by Gasteiger charge is 2.20. The summed E-state index contributed by atoms with van der Waals surface area (Å²) >= 11 is 0. The molecule has 1 aliphatic heterocycles. The van der Waals surface area contributed by atoms with Crippen LogP contribution < -0.4 is 5.32 Å². The van der Waals surface area contributed by atoms with E-state index in [9.17, 15) is 0 Å². The van der Waals surface area contributed by atoms with Gasteiger partial charge in [0.1, 0.15) is 0 Å². The van der Waals surface area contributed by atoms with Crippen LogP contribution in [0.25, 0.3) is 0 Å². The van der Waals surface area contributed by atoms with E-state index in [1.807, 2.05) is 0 Å². The molecule has 2 N–H and O–H groups in total. The maximum Gasteiger partial charge on any atom is 0.222 e. The van der Waals surface area contributed by atoms with Gasteiger partial charge in [-0.05, 0) is 26.0 Å². The number of H-pyrrole nitrogens is 1. The standard InChI is InChI=1S/C17H22N8/c1-12-16(13(2)22-21-12)11-24-6-7-25-15(10-24)8-14(23-25)9-20-17-18-4-3-5-19-17/h3-5,8H,6-7,9-11H2,1-2H3,(H,21,22)(H,18,19,20). The first-order chi connectivity index (χ1) is 12.2. The molecule has 4 heterocycles. The highest BCUT2D eigenvalue weighted by Crippen LogP contribution is 2.19. The van der Waals surface area contributed by atoms with Gasteiger partial charge >= 0.3 is 0 Å². The molecule has 0 bridgehead atoms. The highest BCUT2D eigenvalue weighted by atomic mass is 15.3. The molecule has 0 radical (unpaired) electrons. The van der Waals surface area contributed by atoms with Gasteiger partial charge in [-0.15, -0.1) is 0 Å². The number of nitrogens with zero attached hydrogens (tertiary/aromatic N) is 6. The molecule has 0 spiro atoms. The van der Waals surface area contributed by atoms with Crippen LogP contribution in [0.1, 0.15) is 28.3 Å². The number of hydrogen-bond acceptors (Lipinski definition) is 6. The Morgan fingerprint density at radius 2 is 2.04 bits per heavy atom. The molecule has 0 aromatic carbocycles. The number of nitrogens with one attached hydrogen (secondary N) is 2. The average Bonchev–Trinajstić information content (AvgIpc) is 3.18. The predicted molar refractivity (Wildman–Crippen MR) is 93.8 cm³/mol. The van der Waals surface area contributed by atoms with E-state index in [4.69, 9.17) is 0 Å². The Hall–Kier alpha value is -2.74. The summed E-state index contributed by atoms with van der Waals surface area (Å²) < 4.78 is 2.11. The normalized spacial score (nSPS) is 14.5. The Labute approximate surface area is 146 Å². The number of anilines is 1. The third-order valence-corrected chi connectivity index (χ3v) is 4.58. The zero-order chi connectivity index (χ0) is 17.2. The summed E-state index contributed by atoms with van der Waals surface area (Å²) in [5.41, 5.74) is 5.81. The van der Waals surface area contributed by atoms with Gasteiger partial charge in [0.2, 0.25) is 5.95 Å². The van der Waals surface area contributed by atoms with Gasteiger partial charge in [0.25, 0.3) is 0 Å². The molecule has 4 rings (SSSR count). The zero-order valence-electron chi connectivity index (χ0n) is 14.5. The van der Waals surface area contributed by atoms with Gasteiger partial charge in [-0.2, -0.15) is 10.2 Å². The monoisotopic (exact) mass is 338 g/mol. The largest absolute Gasteiger partial charge is 0.348 e. The molecule has 8 heteroatoms. The van der Waals surface area contributed by atoms with E-state index in [0.29, 0.717) is 12.5 Å². The first-order valence-electron chi connectivity index (χ1n) is 8.48. The second-order valence-electron chi connectivity index (χ2n) is 6.40. The van der Waals surface area contributed by atoms with E-state index in [-0.39, 0.29) is 0 Å². The minimum Gasteiger partial charge on any atom is -0.348 e. The quantitative estimate of drug-likeness (QED) is 0.735. The number of hydrogen-bond donors (Lipinski definition) is 2. The fourth-order valence-electron chi connectivity index (χ4n) is 3.19. The molecule has 1 aliphatic rings. The molecule has 3 aromatic heterocycles. The van der Waals surface area contributed by atoms with Gasteiger partial charge in [0.15, 0.2) is 0 Å². The van der Waals surface area contributed by atoms with Gasteiger partial charge in [0.05, 0.1) is 30.2 Å². The number of fused-ring (bicyclic) bond motifs is 1. The predicted octanol–water partition coefficient (Wildman–Crippen LogP) is 1.64. The van der Waals surface area contributed by atoms with E-state index >= 15 is 0 Å². The van der Waals surface area contributed by atoms with Gasteiger partial charge in [0, 0.05) is 43.3 Å². The molecule has 0 aliphatic carbocycles. The Kier molecular flexibility index (Phi) is 4.19. The molecule has 8 nitrogen and oxygen atoms in total. The second kappa shape index (κ2) is 6.64. The lowest BCUT2D eigenvalue weighted by molar-refractivity contribution is 0.204. The van der Waals surface area contributed by atoms with Crippen molar-refractivity contribution in [2.24, 2.45) is 0 Å². The summed E-state index contributed by atoms with van der Waals surface area (Å²) in [5.74, 6) is 0.626. The van der Waals surface area contributed by atoms with Crippen molar-refractivity contribution >= 4 is 5.95 Å². The van der Waals surface area contributed by atoms with Crippen LogP contribution in [0.2, 0.25) is 0 Å². The fraction of sp³-hybridized carbons (Fsp3) is 0.412. The van der Waals surface area contributed by atoms with Gasteiger partial charge in [-0.3, -0.25) is 14.7 Å². The summed E-state index contributed by atoms with van der Waals surface area (Å²) in [6.07, 6.45) is 3.45. The smallest absolute Gasteiger partial charge is 0.222 e. The van der Waals surface area contributed by atoms with Crippen LogP contribution >= 0.6 is 0 Å². The molecule has 25 heavy (non-hydrogen) atoms. The van der Waals surface area contributed by atoms with E-state index < -0.39 is 0 Å². The van der Waals surface area contributed by atoms with E-state index in [1.165, 1.54) is 11.3 Å². The van der Waals surface area contributed by atoms with Gasteiger partial charge in [-0.1, -0.05) is 0 Å². The molecule has 0 fully saturated rings. The SMILES string of the molecule is Cc1n[nH]c(C)c1CN1CCn2nc(CNc3ncccn3)cc2C1. The first-order valence-corrected chi connectivity index (χ1v) is 8.48.